The van der Waals surface area contributed by atoms with E-state index in [1.165, 1.54) is 0 Å². The van der Waals surface area contributed by atoms with E-state index in [0.717, 1.165) is 0 Å². The van der Waals surface area contributed by atoms with Gasteiger partial charge in [-0.3, -0.25) is 4.79 Å². The molecule has 0 saturated carbocycles. The molecule has 0 spiro atoms. The number of nitrogens with zero attached hydrogens (tertiary/aromatic N) is 1. The van der Waals surface area contributed by atoms with Crippen LogP contribution in [0.5, 0.6) is 0 Å². The molecule has 0 aliphatic rings. The largest absolute Gasteiger partial charge is 0.478 e. The molecule has 2 N–H and O–H groups in total. The molecule has 1 amide bonds. The van der Waals surface area contributed by atoms with Crippen molar-refractivity contribution in [3.05, 3.63) is 28.8 Å². The fourth-order valence-electron chi connectivity index (χ4n) is 1.50. The Hall–Kier alpha value is -2.35. The Morgan fingerprint density at radius 2 is 1.94 bits per heavy atom. The van der Waals surface area contributed by atoms with Gasteiger partial charge in [0, 0.05) is 0 Å². The molecule has 0 aliphatic heterocycles. The summed E-state index contributed by atoms with van der Waals surface area (Å²) in [5.74, 6) is -1.61. The lowest BCUT2D eigenvalue weighted by Gasteiger charge is -2.12. The van der Waals surface area contributed by atoms with Gasteiger partial charge in [0.1, 0.15) is 6.42 Å². The number of carbonyl (C=O) groups excluding carboxylic acids is 1. The molecule has 1 aromatic carbocycles. The number of aromatic carboxylic acids is 1. The predicted octanol–water partition coefficient (Wildman–Crippen LogP) is 1.85. The Kier molecular flexibility index (Phi) is 3.83. The summed E-state index contributed by atoms with van der Waals surface area (Å²) in [4.78, 5) is 22.4. The first-order chi connectivity index (χ1) is 7.97. The minimum Gasteiger partial charge on any atom is -0.478 e. The van der Waals surface area contributed by atoms with Gasteiger partial charge in [-0.1, -0.05) is 12.1 Å². The van der Waals surface area contributed by atoms with E-state index in [1.54, 1.807) is 32.0 Å². The van der Waals surface area contributed by atoms with Crippen molar-refractivity contribution in [1.29, 1.82) is 5.26 Å². The molecule has 0 aromatic heterocycles. The zero-order valence-electron chi connectivity index (χ0n) is 9.57. The Morgan fingerprint density at radius 1 is 1.35 bits per heavy atom. The van der Waals surface area contributed by atoms with Crippen molar-refractivity contribution in [1.82, 2.24) is 0 Å². The highest BCUT2D eigenvalue weighted by Crippen LogP contribution is 2.24. The maximum atomic E-state index is 11.3. The first-order valence-corrected chi connectivity index (χ1v) is 4.97. The molecule has 5 nitrogen and oxygen atoms in total. The smallest absolute Gasteiger partial charge is 0.338 e. The summed E-state index contributed by atoms with van der Waals surface area (Å²) in [6.45, 7) is 3.36. The summed E-state index contributed by atoms with van der Waals surface area (Å²) in [5, 5.41) is 19.9. The van der Waals surface area contributed by atoms with Gasteiger partial charge < -0.3 is 10.4 Å². The van der Waals surface area contributed by atoms with Crippen molar-refractivity contribution < 1.29 is 14.7 Å². The van der Waals surface area contributed by atoms with Crippen molar-refractivity contribution in [2.24, 2.45) is 0 Å². The van der Waals surface area contributed by atoms with E-state index in [9.17, 15) is 9.59 Å². The molecule has 0 saturated heterocycles. The van der Waals surface area contributed by atoms with Crippen molar-refractivity contribution in [2.75, 3.05) is 5.32 Å². The van der Waals surface area contributed by atoms with Crippen LogP contribution in [0.25, 0.3) is 0 Å². The highest BCUT2D eigenvalue weighted by atomic mass is 16.4. The summed E-state index contributed by atoms with van der Waals surface area (Å²) < 4.78 is 0. The number of anilines is 1. The van der Waals surface area contributed by atoms with Crippen LogP contribution in [0.15, 0.2) is 12.1 Å². The number of amides is 1. The van der Waals surface area contributed by atoms with E-state index in [1.807, 2.05) is 0 Å². The van der Waals surface area contributed by atoms with E-state index in [0.29, 0.717) is 11.1 Å². The van der Waals surface area contributed by atoms with E-state index >= 15 is 0 Å². The number of hydrogen-bond acceptors (Lipinski definition) is 3. The average molecular weight is 232 g/mol. The van der Waals surface area contributed by atoms with Crippen LogP contribution in [0.3, 0.4) is 0 Å². The van der Waals surface area contributed by atoms with Gasteiger partial charge in [-0.05, 0) is 25.0 Å². The summed E-state index contributed by atoms with van der Waals surface area (Å²) in [7, 11) is 0. The molecule has 1 aromatic rings. The molecule has 17 heavy (non-hydrogen) atoms. The van der Waals surface area contributed by atoms with Gasteiger partial charge in [-0.25, -0.2) is 4.79 Å². The number of benzene rings is 1. The van der Waals surface area contributed by atoms with Crippen LogP contribution in [-0.2, 0) is 4.79 Å². The normalized spacial score (nSPS) is 9.47. The van der Waals surface area contributed by atoms with Gasteiger partial charge in [0.2, 0.25) is 5.91 Å². The van der Waals surface area contributed by atoms with Gasteiger partial charge in [0.25, 0.3) is 0 Å². The third kappa shape index (κ3) is 2.82. The molecule has 0 atom stereocenters. The molecule has 0 heterocycles. The van der Waals surface area contributed by atoms with Crippen molar-refractivity contribution >= 4 is 17.6 Å². The van der Waals surface area contributed by atoms with Gasteiger partial charge in [-0.2, -0.15) is 5.26 Å². The number of carboxylic acid groups (broad SMARTS) is 1. The topological polar surface area (TPSA) is 90.2 Å². The zero-order valence-corrected chi connectivity index (χ0v) is 9.57. The second-order valence-electron chi connectivity index (χ2n) is 3.64. The van der Waals surface area contributed by atoms with Crippen LogP contribution < -0.4 is 5.32 Å². The maximum absolute atomic E-state index is 11.3. The molecule has 88 valence electrons. The van der Waals surface area contributed by atoms with E-state index < -0.39 is 11.9 Å². The molecule has 1 rings (SSSR count). The summed E-state index contributed by atoms with van der Waals surface area (Å²) in [5.41, 5.74) is 1.55. The first-order valence-electron chi connectivity index (χ1n) is 4.97. The number of nitrogens with one attached hydrogen (secondary N) is 1. The highest BCUT2D eigenvalue weighted by Gasteiger charge is 2.17. The number of nitriles is 1. The number of rotatable bonds is 3. The van der Waals surface area contributed by atoms with E-state index in [-0.39, 0.29) is 17.7 Å². The fraction of sp³-hybridized carbons (Fsp3) is 0.250. The van der Waals surface area contributed by atoms with E-state index in [4.69, 9.17) is 10.4 Å². The van der Waals surface area contributed by atoms with Gasteiger partial charge >= 0.3 is 5.97 Å². The second-order valence-corrected chi connectivity index (χ2v) is 3.64. The number of aryl methyl sites for hydroxylation is 2. The Labute approximate surface area is 98.7 Å². The minimum atomic E-state index is -1.10. The van der Waals surface area contributed by atoms with Crippen molar-refractivity contribution in [2.45, 2.75) is 20.3 Å². The van der Waals surface area contributed by atoms with Crippen LogP contribution >= 0.6 is 0 Å². The van der Waals surface area contributed by atoms with Gasteiger partial charge in [-0.15, -0.1) is 0 Å². The third-order valence-electron chi connectivity index (χ3n) is 2.34. The number of hydrogen-bond donors (Lipinski definition) is 2. The van der Waals surface area contributed by atoms with Crippen LogP contribution in [0, 0.1) is 25.2 Å². The van der Waals surface area contributed by atoms with Crippen LogP contribution in [0.1, 0.15) is 27.9 Å². The van der Waals surface area contributed by atoms with Crippen LogP contribution in [-0.4, -0.2) is 17.0 Å². The molecule has 0 aliphatic carbocycles. The lowest BCUT2D eigenvalue weighted by Crippen LogP contribution is -2.15. The van der Waals surface area contributed by atoms with Crippen LogP contribution in [0.4, 0.5) is 5.69 Å². The molecule has 0 radical (unpaired) electrons. The highest BCUT2D eigenvalue weighted by molar-refractivity contribution is 6.02. The standard InChI is InChI=1S/C12H12N2O3/c1-7-3-4-8(2)11(10(7)12(16)17)14-9(15)5-6-13/h3-4H,5H2,1-2H3,(H,14,15)(H,16,17). The maximum Gasteiger partial charge on any atom is 0.338 e. The van der Waals surface area contributed by atoms with E-state index in [2.05, 4.69) is 5.32 Å². The quantitative estimate of drug-likeness (QED) is 0.832. The lowest BCUT2D eigenvalue weighted by atomic mass is 10.0. The molecule has 0 unspecified atom stereocenters. The minimum absolute atomic E-state index is 0.0660. The predicted molar refractivity (Wildman–Crippen MR) is 61.7 cm³/mol. The summed E-state index contributed by atoms with van der Waals surface area (Å²) in [6.07, 6.45) is -0.299. The number of carboxylic acids is 1. The number of carbonyl (C=O) groups is 2. The first kappa shape index (κ1) is 12.7. The average Bonchev–Trinajstić information content (AvgIpc) is 2.23. The van der Waals surface area contributed by atoms with Gasteiger partial charge in [0.05, 0.1) is 17.3 Å². The Bertz CT molecular complexity index is 515. The fourth-order valence-corrected chi connectivity index (χ4v) is 1.50. The monoisotopic (exact) mass is 232 g/mol. The molecule has 0 fully saturated rings. The Morgan fingerprint density at radius 3 is 2.47 bits per heavy atom. The van der Waals surface area contributed by atoms with Gasteiger partial charge in [0.15, 0.2) is 0 Å². The summed E-state index contributed by atoms with van der Waals surface area (Å²) >= 11 is 0. The van der Waals surface area contributed by atoms with Crippen LogP contribution in [0.2, 0.25) is 0 Å². The molecule has 5 heteroatoms. The third-order valence-corrected chi connectivity index (χ3v) is 2.34. The Balaban J connectivity index is 3.22. The second kappa shape index (κ2) is 5.12. The zero-order chi connectivity index (χ0) is 13.0. The van der Waals surface area contributed by atoms with Crippen molar-refractivity contribution in [3.63, 3.8) is 0 Å². The molecule has 0 bridgehead atoms. The lowest BCUT2D eigenvalue weighted by molar-refractivity contribution is -0.115. The SMILES string of the molecule is Cc1ccc(C)c(C(=O)O)c1NC(=O)CC#N. The van der Waals surface area contributed by atoms with Crippen molar-refractivity contribution in [3.8, 4) is 6.07 Å². The molecular formula is C12H12N2O3. The molecular weight excluding hydrogens is 220 g/mol. The summed E-state index contributed by atoms with van der Waals surface area (Å²) in [6, 6.07) is 5.12.